The van der Waals surface area contributed by atoms with E-state index in [2.05, 4.69) is 34.6 Å². The van der Waals surface area contributed by atoms with E-state index in [9.17, 15) is 0 Å². The highest BCUT2D eigenvalue weighted by Crippen LogP contribution is 2.32. The summed E-state index contributed by atoms with van der Waals surface area (Å²) in [6, 6.07) is 4.72. The molecule has 2 unspecified atom stereocenters. The molecule has 1 aliphatic rings. The van der Waals surface area contributed by atoms with E-state index in [1.54, 1.807) is 0 Å². The van der Waals surface area contributed by atoms with Gasteiger partial charge in [0.2, 0.25) is 0 Å². The predicted octanol–water partition coefficient (Wildman–Crippen LogP) is 1.87. The highest BCUT2D eigenvalue weighted by atomic mass is 15.1. The molecule has 3 rings (SSSR count). The van der Waals surface area contributed by atoms with Gasteiger partial charge < -0.3 is 11.1 Å². The van der Waals surface area contributed by atoms with E-state index in [0.717, 1.165) is 25.0 Å². The van der Waals surface area contributed by atoms with Crippen LogP contribution in [0.3, 0.4) is 0 Å². The average molecular weight is 244 g/mol. The normalized spacial score (nSPS) is 24.6. The monoisotopic (exact) mass is 244 g/mol. The Kier molecular flexibility index (Phi) is 3.06. The fraction of sp³-hybridized carbons (Fsp3) is 0.500. The Morgan fingerprint density at radius 3 is 3.00 bits per heavy atom. The number of aromatic amines is 1. The molecule has 1 aliphatic heterocycles. The highest BCUT2D eigenvalue weighted by molar-refractivity contribution is 5.83. The second-order valence-electron chi connectivity index (χ2n) is 5.27. The van der Waals surface area contributed by atoms with E-state index >= 15 is 0 Å². The maximum Gasteiger partial charge on any atom is 0.0653 e. The van der Waals surface area contributed by atoms with E-state index in [4.69, 9.17) is 5.73 Å². The molecule has 0 spiro atoms. The molecule has 0 radical (unpaired) electrons. The second-order valence-corrected chi connectivity index (χ2v) is 5.27. The van der Waals surface area contributed by atoms with Gasteiger partial charge in [-0.2, -0.15) is 5.10 Å². The van der Waals surface area contributed by atoms with Crippen LogP contribution in [0.25, 0.3) is 10.9 Å². The number of benzene rings is 1. The van der Waals surface area contributed by atoms with Crippen molar-refractivity contribution in [2.75, 3.05) is 13.1 Å². The fourth-order valence-electron chi connectivity index (χ4n) is 2.97. The molecular formula is C14H20N4. The third-order valence-electron chi connectivity index (χ3n) is 4.08. The van der Waals surface area contributed by atoms with Gasteiger partial charge >= 0.3 is 0 Å². The first-order chi connectivity index (χ1) is 8.79. The van der Waals surface area contributed by atoms with Gasteiger partial charge in [-0.3, -0.25) is 5.10 Å². The van der Waals surface area contributed by atoms with Crippen LogP contribution in [-0.2, 0) is 0 Å². The molecule has 0 amide bonds. The van der Waals surface area contributed by atoms with E-state index < -0.39 is 0 Å². The first kappa shape index (κ1) is 11.7. The summed E-state index contributed by atoms with van der Waals surface area (Å²) in [5.74, 6) is 0.630. The number of hydrogen-bond donors (Lipinski definition) is 3. The van der Waals surface area contributed by atoms with Gasteiger partial charge in [0.25, 0.3) is 0 Å². The standard InChI is InChI=1S/C14H20N4/c1-9-2-4-12-11(8-17-18-12)14(9)13-5-3-10(6-15)7-16-13/h2,4,8,10,13,16H,3,5-7,15H2,1H3,(H,17,18). The molecule has 96 valence electrons. The number of aromatic nitrogens is 2. The number of aryl methyl sites for hydroxylation is 1. The maximum atomic E-state index is 5.74. The Labute approximate surface area is 107 Å². The summed E-state index contributed by atoms with van der Waals surface area (Å²) in [4.78, 5) is 0. The minimum atomic E-state index is 0.439. The van der Waals surface area contributed by atoms with Crippen LogP contribution < -0.4 is 11.1 Å². The Hall–Kier alpha value is -1.39. The van der Waals surface area contributed by atoms with Gasteiger partial charge in [-0.25, -0.2) is 0 Å². The van der Waals surface area contributed by atoms with Gasteiger partial charge in [-0.05, 0) is 56.0 Å². The summed E-state index contributed by atoms with van der Waals surface area (Å²) in [6.07, 6.45) is 4.31. The molecule has 0 saturated carbocycles. The number of piperidine rings is 1. The van der Waals surface area contributed by atoms with Gasteiger partial charge in [0.15, 0.2) is 0 Å². The minimum absolute atomic E-state index is 0.439. The highest BCUT2D eigenvalue weighted by Gasteiger charge is 2.23. The Balaban J connectivity index is 1.94. The van der Waals surface area contributed by atoms with Crippen LogP contribution in [0.4, 0.5) is 0 Å². The van der Waals surface area contributed by atoms with E-state index in [-0.39, 0.29) is 0 Å². The van der Waals surface area contributed by atoms with E-state index in [1.807, 2.05) is 6.20 Å². The molecule has 4 nitrogen and oxygen atoms in total. The van der Waals surface area contributed by atoms with E-state index in [0.29, 0.717) is 12.0 Å². The lowest BCUT2D eigenvalue weighted by molar-refractivity contribution is 0.321. The first-order valence-corrected chi connectivity index (χ1v) is 6.65. The van der Waals surface area contributed by atoms with Gasteiger partial charge in [-0.15, -0.1) is 0 Å². The summed E-state index contributed by atoms with van der Waals surface area (Å²) < 4.78 is 0. The molecule has 0 bridgehead atoms. The van der Waals surface area contributed by atoms with Crippen molar-refractivity contribution in [3.05, 3.63) is 29.5 Å². The van der Waals surface area contributed by atoms with Crippen LogP contribution in [0, 0.1) is 12.8 Å². The van der Waals surface area contributed by atoms with Gasteiger partial charge in [-0.1, -0.05) is 6.07 Å². The van der Waals surface area contributed by atoms with Gasteiger partial charge in [0.05, 0.1) is 11.7 Å². The van der Waals surface area contributed by atoms with E-state index in [1.165, 1.54) is 22.9 Å². The molecule has 2 atom stereocenters. The molecular weight excluding hydrogens is 224 g/mol. The minimum Gasteiger partial charge on any atom is -0.330 e. The Bertz CT molecular complexity index is 538. The molecule has 0 aliphatic carbocycles. The maximum absolute atomic E-state index is 5.74. The lowest BCUT2D eigenvalue weighted by Gasteiger charge is -2.30. The molecule has 2 heterocycles. The molecule has 2 aromatic rings. The smallest absolute Gasteiger partial charge is 0.0653 e. The Morgan fingerprint density at radius 2 is 2.28 bits per heavy atom. The molecule has 4 heteroatoms. The van der Waals surface area contributed by atoms with Crippen LogP contribution in [-0.4, -0.2) is 23.3 Å². The molecule has 1 fully saturated rings. The van der Waals surface area contributed by atoms with Crippen molar-refractivity contribution in [2.45, 2.75) is 25.8 Å². The van der Waals surface area contributed by atoms with Crippen LogP contribution >= 0.6 is 0 Å². The number of fused-ring (bicyclic) bond motifs is 1. The lowest BCUT2D eigenvalue weighted by Crippen LogP contribution is -2.36. The zero-order chi connectivity index (χ0) is 12.5. The van der Waals surface area contributed by atoms with Crippen LogP contribution in [0.1, 0.15) is 30.0 Å². The third kappa shape index (κ3) is 1.91. The van der Waals surface area contributed by atoms with Crippen molar-refractivity contribution in [1.29, 1.82) is 0 Å². The fourth-order valence-corrected chi connectivity index (χ4v) is 2.97. The van der Waals surface area contributed by atoms with Crippen molar-refractivity contribution >= 4 is 10.9 Å². The van der Waals surface area contributed by atoms with Gasteiger partial charge in [0, 0.05) is 11.4 Å². The SMILES string of the molecule is Cc1ccc2[nH]ncc2c1C1CCC(CN)CN1. The van der Waals surface area contributed by atoms with Crippen molar-refractivity contribution in [2.24, 2.45) is 11.7 Å². The van der Waals surface area contributed by atoms with Crippen LogP contribution in [0.2, 0.25) is 0 Å². The first-order valence-electron chi connectivity index (χ1n) is 6.65. The summed E-state index contributed by atoms with van der Waals surface area (Å²) >= 11 is 0. The average Bonchev–Trinajstić information content (AvgIpc) is 2.87. The lowest BCUT2D eigenvalue weighted by atomic mass is 9.88. The van der Waals surface area contributed by atoms with Crippen LogP contribution in [0.5, 0.6) is 0 Å². The molecule has 4 N–H and O–H groups in total. The zero-order valence-electron chi connectivity index (χ0n) is 10.7. The number of rotatable bonds is 2. The van der Waals surface area contributed by atoms with Crippen molar-refractivity contribution in [1.82, 2.24) is 15.5 Å². The zero-order valence-corrected chi connectivity index (χ0v) is 10.7. The number of nitrogens with two attached hydrogens (primary N) is 1. The van der Waals surface area contributed by atoms with Crippen LogP contribution in [0.15, 0.2) is 18.3 Å². The third-order valence-corrected chi connectivity index (χ3v) is 4.08. The predicted molar refractivity (Wildman–Crippen MR) is 73.4 cm³/mol. The van der Waals surface area contributed by atoms with Crippen molar-refractivity contribution in [3.63, 3.8) is 0 Å². The number of nitrogens with one attached hydrogen (secondary N) is 2. The molecule has 1 aromatic heterocycles. The summed E-state index contributed by atoms with van der Waals surface area (Å²) in [5, 5.41) is 12.1. The number of hydrogen-bond acceptors (Lipinski definition) is 3. The quantitative estimate of drug-likeness (QED) is 0.755. The molecule has 1 saturated heterocycles. The number of nitrogens with zero attached hydrogens (tertiary/aromatic N) is 1. The topological polar surface area (TPSA) is 66.7 Å². The van der Waals surface area contributed by atoms with Crippen molar-refractivity contribution in [3.8, 4) is 0 Å². The second kappa shape index (κ2) is 4.71. The van der Waals surface area contributed by atoms with Gasteiger partial charge in [0.1, 0.15) is 0 Å². The summed E-state index contributed by atoms with van der Waals surface area (Å²) in [6.45, 7) is 3.99. The summed E-state index contributed by atoms with van der Waals surface area (Å²) in [7, 11) is 0. The molecule has 18 heavy (non-hydrogen) atoms. The van der Waals surface area contributed by atoms with Crippen molar-refractivity contribution < 1.29 is 0 Å². The largest absolute Gasteiger partial charge is 0.330 e. The summed E-state index contributed by atoms with van der Waals surface area (Å²) in [5.41, 5.74) is 9.60. The Morgan fingerprint density at radius 1 is 1.39 bits per heavy atom. The number of H-pyrrole nitrogens is 1. The molecule has 1 aromatic carbocycles.